The molecule has 1 aromatic carbocycles. The van der Waals surface area contributed by atoms with Gasteiger partial charge in [0.15, 0.2) is 5.78 Å². The van der Waals surface area contributed by atoms with Crippen LogP contribution in [0.1, 0.15) is 29.6 Å². The fourth-order valence-corrected chi connectivity index (χ4v) is 2.42. The zero-order valence-corrected chi connectivity index (χ0v) is 9.32. The molecule has 90 valence electrons. The molecule has 0 aromatic heterocycles. The van der Waals surface area contributed by atoms with Crippen LogP contribution in [0.4, 0.5) is 4.39 Å². The Labute approximate surface area is 98.5 Å². The molecule has 0 N–H and O–H groups in total. The quantitative estimate of drug-likeness (QED) is 0.750. The van der Waals surface area contributed by atoms with Gasteiger partial charge in [-0.2, -0.15) is 0 Å². The van der Waals surface area contributed by atoms with Gasteiger partial charge in [-0.05, 0) is 31.0 Å². The molecule has 2 atom stereocenters. The summed E-state index contributed by atoms with van der Waals surface area (Å²) in [5, 5.41) is 0. The zero-order chi connectivity index (χ0) is 11.8. The van der Waals surface area contributed by atoms with E-state index in [-0.39, 0.29) is 24.4 Å². The van der Waals surface area contributed by atoms with Gasteiger partial charge < -0.3 is 9.47 Å². The van der Waals surface area contributed by atoms with E-state index in [0.717, 1.165) is 19.4 Å². The van der Waals surface area contributed by atoms with E-state index >= 15 is 0 Å². The summed E-state index contributed by atoms with van der Waals surface area (Å²) in [7, 11) is 0. The Hall–Kier alpha value is -1.42. The largest absolute Gasteiger partial charge is 0.486 e. The monoisotopic (exact) mass is 236 g/mol. The number of carbonyl (C=O) groups is 1. The molecule has 0 bridgehead atoms. The fourth-order valence-electron chi connectivity index (χ4n) is 2.42. The van der Waals surface area contributed by atoms with Gasteiger partial charge in [0, 0.05) is 6.61 Å². The topological polar surface area (TPSA) is 35.5 Å². The highest BCUT2D eigenvalue weighted by atomic mass is 19.1. The molecule has 0 radical (unpaired) electrons. The normalized spacial score (nSPS) is 27.7. The molecule has 4 heteroatoms. The minimum Gasteiger partial charge on any atom is -0.486 e. The molecule has 2 aliphatic rings. The summed E-state index contributed by atoms with van der Waals surface area (Å²) in [5.74, 6) is 0.00525. The third-order valence-electron chi connectivity index (χ3n) is 3.29. The van der Waals surface area contributed by atoms with Crippen molar-refractivity contribution in [1.82, 2.24) is 0 Å². The van der Waals surface area contributed by atoms with Crippen LogP contribution >= 0.6 is 0 Å². The van der Waals surface area contributed by atoms with Gasteiger partial charge in [-0.15, -0.1) is 0 Å². The van der Waals surface area contributed by atoms with Crippen molar-refractivity contribution >= 4 is 5.78 Å². The van der Waals surface area contributed by atoms with E-state index in [4.69, 9.17) is 9.47 Å². The molecule has 0 spiro atoms. The Balaban J connectivity index is 1.87. The van der Waals surface area contributed by atoms with Crippen LogP contribution in [0.2, 0.25) is 0 Å². The fraction of sp³-hybridized carbons (Fsp3) is 0.462. The van der Waals surface area contributed by atoms with Crippen molar-refractivity contribution in [3.05, 3.63) is 29.6 Å². The van der Waals surface area contributed by atoms with Gasteiger partial charge in [0.05, 0.1) is 18.1 Å². The number of hydrogen-bond acceptors (Lipinski definition) is 3. The van der Waals surface area contributed by atoms with Gasteiger partial charge in [0.25, 0.3) is 0 Å². The van der Waals surface area contributed by atoms with Gasteiger partial charge >= 0.3 is 0 Å². The van der Waals surface area contributed by atoms with Crippen molar-refractivity contribution in [2.45, 2.75) is 31.5 Å². The SMILES string of the molecule is O=C1CC(C2CCCO2)Oc2ccc(F)cc21. The summed E-state index contributed by atoms with van der Waals surface area (Å²) < 4.78 is 24.3. The lowest BCUT2D eigenvalue weighted by atomic mass is 9.96. The maximum Gasteiger partial charge on any atom is 0.170 e. The second-order valence-electron chi connectivity index (χ2n) is 4.48. The molecule has 17 heavy (non-hydrogen) atoms. The number of ether oxygens (including phenoxy) is 2. The average Bonchev–Trinajstić information content (AvgIpc) is 2.83. The van der Waals surface area contributed by atoms with E-state index in [2.05, 4.69) is 0 Å². The van der Waals surface area contributed by atoms with Crippen LogP contribution in [0.15, 0.2) is 18.2 Å². The highest BCUT2D eigenvalue weighted by Gasteiger charge is 2.34. The van der Waals surface area contributed by atoms with Gasteiger partial charge in [-0.1, -0.05) is 0 Å². The third-order valence-corrected chi connectivity index (χ3v) is 3.29. The summed E-state index contributed by atoms with van der Waals surface area (Å²) in [6.45, 7) is 0.731. The van der Waals surface area contributed by atoms with E-state index in [1.54, 1.807) is 0 Å². The smallest absolute Gasteiger partial charge is 0.170 e. The average molecular weight is 236 g/mol. The van der Waals surface area contributed by atoms with E-state index in [1.807, 2.05) is 0 Å². The Morgan fingerprint density at radius 3 is 2.94 bits per heavy atom. The van der Waals surface area contributed by atoms with Crippen molar-refractivity contribution < 1.29 is 18.7 Å². The first kappa shape index (κ1) is 10.7. The van der Waals surface area contributed by atoms with E-state index in [1.165, 1.54) is 18.2 Å². The molecule has 1 fully saturated rings. The third kappa shape index (κ3) is 1.93. The van der Waals surface area contributed by atoms with Gasteiger partial charge in [-0.3, -0.25) is 4.79 Å². The number of halogens is 1. The number of fused-ring (bicyclic) bond motifs is 1. The molecular formula is C13H13FO3. The van der Waals surface area contributed by atoms with Gasteiger partial charge in [-0.25, -0.2) is 4.39 Å². The van der Waals surface area contributed by atoms with Crippen LogP contribution in [0, 0.1) is 5.82 Å². The Bertz CT molecular complexity index is 452. The van der Waals surface area contributed by atoms with Gasteiger partial charge in [0.2, 0.25) is 0 Å². The van der Waals surface area contributed by atoms with E-state index in [9.17, 15) is 9.18 Å². The first-order valence-corrected chi connectivity index (χ1v) is 5.85. The molecule has 2 heterocycles. The first-order valence-electron chi connectivity index (χ1n) is 5.85. The van der Waals surface area contributed by atoms with Crippen LogP contribution in [-0.2, 0) is 4.74 Å². The lowest BCUT2D eigenvalue weighted by Gasteiger charge is -2.28. The standard InChI is InChI=1S/C13H13FO3/c14-8-3-4-11-9(6-8)10(15)7-13(17-11)12-2-1-5-16-12/h3-4,6,12-13H,1-2,5,7H2. The summed E-state index contributed by atoms with van der Waals surface area (Å²) in [6, 6.07) is 4.07. The van der Waals surface area contributed by atoms with E-state index < -0.39 is 5.82 Å². The molecule has 2 unspecified atom stereocenters. The van der Waals surface area contributed by atoms with Crippen molar-refractivity contribution in [1.29, 1.82) is 0 Å². The first-order chi connectivity index (χ1) is 8.24. The number of hydrogen-bond donors (Lipinski definition) is 0. The van der Waals surface area contributed by atoms with Crippen molar-refractivity contribution in [3.8, 4) is 5.75 Å². The molecule has 3 rings (SSSR count). The Morgan fingerprint density at radius 1 is 1.29 bits per heavy atom. The highest BCUT2D eigenvalue weighted by molar-refractivity contribution is 5.99. The molecule has 0 aliphatic carbocycles. The molecule has 1 aromatic rings. The lowest BCUT2D eigenvalue weighted by Crippen LogP contribution is -2.37. The minimum absolute atomic E-state index is 0.00264. The predicted molar refractivity (Wildman–Crippen MR) is 58.7 cm³/mol. The van der Waals surface area contributed by atoms with Gasteiger partial charge in [0.1, 0.15) is 17.7 Å². The number of benzene rings is 1. The predicted octanol–water partition coefficient (Wildman–Crippen LogP) is 2.34. The van der Waals surface area contributed by atoms with Crippen LogP contribution in [0.3, 0.4) is 0 Å². The number of rotatable bonds is 1. The second kappa shape index (κ2) is 4.11. The van der Waals surface area contributed by atoms with Crippen LogP contribution in [-0.4, -0.2) is 24.6 Å². The minimum atomic E-state index is -0.406. The summed E-state index contributed by atoms with van der Waals surface area (Å²) >= 11 is 0. The summed E-state index contributed by atoms with van der Waals surface area (Å²) in [6.07, 6.45) is 1.99. The zero-order valence-electron chi connectivity index (χ0n) is 9.32. The Morgan fingerprint density at radius 2 is 2.18 bits per heavy atom. The number of carbonyl (C=O) groups excluding carboxylic acids is 1. The lowest BCUT2D eigenvalue weighted by molar-refractivity contribution is 0.00484. The van der Waals surface area contributed by atoms with Crippen molar-refractivity contribution in [2.24, 2.45) is 0 Å². The van der Waals surface area contributed by atoms with Crippen LogP contribution < -0.4 is 4.74 Å². The van der Waals surface area contributed by atoms with Crippen molar-refractivity contribution in [2.75, 3.05) is 6.61 Å². The second-order valence-corrected chi connectivity index (χ2v) is 4.48. The summed E-state index contributed by atoms with van der Waals surface area (Å²) in [5.41, 5.74) is 0.347. The van der Waals surface area contributed by atoms with E-state index in [0.29, 0.717) is 11.3 Å². The maximum absolute atomic E-state index is 13.0. The maximum atomic E-state index is 13.0. The molecule has 0 saturated carbocycles. The molecule has 0 amide bonds. The molecule has 2 aliphatic heterocycles. The van der Waals surface area contributed by atoms with Crippen LogP contribution in [0.25, 0.3) is 0 Å². The Kier molecular flexibility index (Phi) is 2.59. The molecule has 1 saturated heterocycles. The molecular weight excluding hydrogens is 223 g/mol. The number of ketones is 1. The molecule has 3 nitrogen and oxygen atoms in total. The van der Waals surface area contributed by atoms with Crippen molar-refractivity contribution in [3.63, 3.8) is 0 Å². The highest BCUT2D eigenvalue weighted by Crippen LogP contribution is 2.32. The number of Topliss-reactive ketones (excluding diaryl/α,β-unsaturated/α-hetero) is 1. The van der Waals surface area contributed by atoms with Crippen LogP contribution in [0.5, 0.6) is 5.75 Å². The summed E-state index contributed by atoms with van der Waals surface area (Å²) in [4.78, 5) is 11.9.